The van der Waals surface area contributed by atoms with Crippen LogP contribution < -0.4 is 5.73 Å². The third-order valence-corrected chi connectivity index (χ3v) is 2.90. The maximum atomic E-state index is 12.3. The molecular weight excluding hydrogens is 218 g/mol. The maximum absolute atomic E-state index is 12.3. The number of ether oxygens (including phenoxy) is 1. The SMILES string of the molecule is C[C@@H]1COCCN1C(=O)c1ccnc(CN)c1. The van der Waals surface area contributed by atoms with E-state index in [9.17, 15) is 4.79 Å². The third kappa shape index (κ3) is 2.62. The van der Waals surface area contributed by atoms with Gasteiger partial charge < -0.3 is 15.4 Å². The Balaban J connectivity index is 2.17. The molecule has 1 amide bonds. The first-order valence-corrected chi connectivity index (χ1v) is 5.76. The van der Waals surface area contributed by atoms with Gasteiger partial charge in [-0.05, 0) is 19.1 Å². The summed E-state index contributed by atoms with van der Waals surface area (Å²) in [6, 6.07) is 3.60. The topological polar surface area (TPSA) is 68.5 Å². The quantitative estimate of drug-likeness (QED) is 0.805. The number of carbonyl (C=O) groups is 1. The zero-order valence-electron chi connectivity index (χ0n) is 9.93. The van der Waals surface area contributed by atoms with Crippen molar-refractivity contribution in [3.63, 3.8) is 0 Å². The van der Waals surface area contributed by atoms with Crippen molar-refractivity contribution in [2.45, 2.75) is 19.5 Å². The minimum atomic E-state index is 0.0258. The van der Waals surface area contributed by atoms with Gasteiger partial charge >= 0.3 is 0 Å². The van der Waals surface area contributed by atoms with Crippen LogP contribution in [0.3, 0.4) is 0 Å². The number of aromatic nitrogens is 1. The highest BCUT2D eigenvalue weighted by Gasteiger charge is 2.24. The first kappa shape index (κ1) is 12.0. The standard InChI is InChI=1S/C12H17N3O2/c1-9-8-17-5-4-15(9)12(16)10-2-3-14-11(6-10)7-13/h2-3,6,9H,4-5,7-8,13H2,1H3/t9-/m1/s1. The molecular formula is C12H17N3O2. The molecule has 1 atom stereocenters. The average Bonchev–Trinajstić information content (AvgIpc) is 2.38. The van der Waals surface area contributed by atoms with Crippen molar-refractivity contribution in [1.29, 1.82) is 0 Å². The Morgan fingerprint density at radius 3 is 3.24 bits per heavy atom. The Hall–Kier alpha value is -1.46. The van der Waals surface area contributed by atoms with Crippen LogP contribution in [0.4, 0.5) is 0 Å². The summed E-state index contributed by atoms with van der Waals surface area (Å²) in [6.07, 6.45) is 1.63. The van der Waals surface area contributed by atoms with E-state index in [1.54, 1.807) is 18.3 Å². The van der Waals surface area contributed by atoms with Crippen molar-refractivity contribution in [3.8, 4) is 0 Å². The van der Waals surface area contributed by atoms with Crippen molar-refractivity contribution in [3.05, 3.63) is 29.6 Å². The van der Waals surface area contributed by atoms with Gasteiger partial charge in [0.15, 0.2) is 0 Å². The number of carbonyl (C=O) groups excluding carboxylic acids is 1. The summed E-state index contributed by atoms with van der Waals surface area (Å²) in [5.41, 5.74) is 6.90. The molecule has 1 aromatic heterocycles. The van der Waals surface area contributed by atoms with Crippen LogP contribution in [-0.4, -0.2) is 41.6 Å². The lowest BCUT2D eigenvalue weighted by Gasteiger charge is -2.33. The molecule has 1 aromatic rings. The molecule has 1 fully saturated rings. The van der Waals surface area contributed by atoms with E-state index >= 15 is 0 Å². The van der Waals surface area contributed by atoms with E-state index in [1.807, 2.05) is 11.8 Å². The smallest absolute Gasteiger partial charge is 0.254 e. The molecule has 0 aliphatic carbocycles. The summed E-state index contributed by atoms with van der Waals surface area (Å²) in [4.78, 5) is 18.2. The molecule has 0 bridgehead atoms. The molecule has 5 heteroatoms. The number of hydrogen-bond donors (Lipinski definition) is 1. The Kier molecular flexibility index (Phi) is 3.71. The minimum Gasteiger partial charge on any atom is -0.377 e. The van der Waals surface area contributed by atoms with Gasteiger partial charge in [-0.2, -0.15) is 0 Å². The molecule has 0 radical (unpaired) electrons. The van der Waals surface area contributed by atoms with Crippen molar-refractivity contribution in [1.82, 2.24) is 9.88 Å². The number of nitrogens with two attached hydrogens (primary N) is 1. The summed E-state index contributed by atoms with van der Waals surface area (Å²) in [6.45, 7) is 4.17. The first-order chi connectivity index (χ1) is 8.22. The number of nitrogens with zero attached hydrogens (tertiary/aromatic N) is 2. The highest BCUT2D eigenvalue weighted by Crippen LogP contribution is 2.12. The molecule has 1 aliphatic rings. The molecule has 17 heavy (non-hydrogen) atoms. The van der Waals surface area contributed by atoms with Crippen molar-refractivity contribution in [2.24, 2.45) is 5.73 Å². The van der Waals surface area contributed by atoms with E-state index in [0.29, 0.717) is 31.9 Å². The second-order valence-electron chi connectivity index (χ2n) is 4.16. The molecule has 2 heterocycles. The minimum absolute atomic E-state index is 0.0258. The van der Waals surface area contributed by atoms with Crippen LogP contribution in [0.1, 0.15) is 23.0 Å². The van der Waals surface area contributed by atoms with Gasteiger partial charge in [0.05, 0.1) is 24.9 Å². The van der Waals surface area contributed by atoms with Crippen LogP contribution in [0.25, 0.3) is 0 Å². The lowest BCUT2D eigenvalue weighted by Crippen LogP contribution is -2.47. The largest absolute Gasteiger partial charge is 0.377 e. The zero-order valence-corrected chi connectivity index (χ0v) is 9.93. The van der Waals surface area contributed by atoms with Gasteiger partial charge in [-0.15, -0.1) is 0 Å². The average molecular weight is 235 g/mol. The van der Waals surface area contributed by atoms with Gasteiger partial charge in [0.1, 0.15) is 0 Å². The van der Waals surface area contributed by atoms with Crippen LogP contribution in [-0.2, 0) is 11.3 Å². The second kappa shape index (κ2) is 5.25. The number of amides is 1. The van der Waals surface area contributed by atoms with Crippen molar-refractivity contribution < 1.29 is 9.53 Å². The fourth-order valence-electron chi connectivity index (χ4n) is 1.92. The summed E-state index contributed by atoms with van der Waals surface area (Å²) in [5.74, 6) is 0.0258. The van der Waals surface area contributed by atoms with Gasteiger partial charge in [-0.3, -0.25) is 9.78 Å². The number of pyridine rings is 1. The lowest BCUT2D eigenvalue weighted by atomic mass is 10.1. The maximum Gasteiger partial charge on any atom is 0.254 e. The number of rotatable bonds is 2. The normalized spacial score (nSPS) is 20.4. The molecule has 0 aromatic carbocycles. The van der Waals surface area contributed by atoms with E-state index in [1.165, 1.54) is 0 Å². The van der Waals surface area contributed by atoms with E-state index in [2.05, 4.69) is 4.98 Å². The van der Waals surface area contributed by atoms with Gasteiger partial charge in [-0.25, -0.2) is 0 Å². The molecule has 0 spiro atoms. The zero-order chi connectivity index (χ0) is 12.3. The molecule has 0 unspecified atom stereocenters. The number of hydrogen-bond acceptors (Lipinski definition) is 4. The van der Waals surface area contributed by atoms with Gasteiger partial charge in [0.2, 0.25) is 0 Å². The van der Waals surface area contributed by atoms with Crippen molar-refractivity contribution >= 4 is 5.91 Å². The van der Waals surface area contributed by atoms with Crippen LogP contribution in [0.15, 0.2) is 18.3 Å². The monoisotopic (exact) mass is 235 g/mol. The number of morpholine rings is 1. The third-order valence-electron chi connectivity index (χ3n) is 2.90. The fourth-order valence-corrected chi connectivity index (χ4v) is 1.92. The summed E-state index contributed by atoms with van der Waals surface area (Å²) in [7, 11) is 0. The fraction of sp³-hybridized carbons (Fsp3) is 0.500. The summed E-state index contributed by atoms with van der Waals surface area (Å²) < 4.78 is 5.32. The van der Waals surface area contributed by atoms with Crippen molar-refractivity contribution in [2.75, 3.05) is 19.8 Å². The van der Waals surface area contributed by atoms with Crippen LogP contribution in [0.5, 0.6) is 0 Å². The van der Waals surface area contributed by atoms with Crippen LogP contribution in [0.2, 0.25) is 0 Å². The molecule has 5 nitrogen and oxygen atoms in total. The summed E-state index contributed by atoms with van der Waals surface area (Å²) in [5, 5.41) is 0. The molecule has 2 rings (SSSR count). The van der Waals surface area contributed by atoms with E-state index < -0.39 is 0 Å². The van der Waals surface area contributed by atoms with Crippen LogP contribution in [0, 0.1) is 0 Å². The van der Waals surface area contributed by atoms with Gasteiger partial charge in [0.25, 0.3) is 5.91 Å². The van der Waals surface area contributed by atoms with Gasteiger partial charge in [0, 0.05) is 24.8 Å². The molecule has 2 N–H and O–H groups in total. The first-order valence-electron chi connectivity index (χ1n) is 5.76. The second-order valence-corrected chi connectivity index (χ2v) is 4.16. The Morgan fingerprint density at radius 2 is 2.53 bits per heavy atom. The molecule has 92 valence electrons. The highest BCUT2D eigenvalue weighted by atomic mass is 16.5. The van der Waals surface area contributed by atoms with E-state index in [0.717, 1.165) is 5.69 Å². The van der Waals surface area contributed by atoms with Crippen LogP contribution >= 0.6 is 0 Å². The Bertz CT molecular complexity index is 408. The highest BCUT2D eigenvalue weighted by molar-refractivity contribution is 5.94. The Morgan fingerprint density at radius 1 is 1.71 bits per heavy atom. The van der Waals surface area contributed by atoms with E-state index in [-0.39, 0.29) is 11.9 Å². The summed E-state index contributed by atoms with van der Waals surface area (Å²) >= 11 is 0. The van der Waals surface area contributed by atoms with E-state index in [4.69, 9.17) is 10.5 Å². The Labute approximate surface area is 101 Å². The molecule has 0 saturated carbocycles. The predicted octanol–water partition coefficient (Wildman–Crippen LogP) is 0.401. The predicted molar refractivity (Wildman–Crippen MR) is 63.4 cm³/mol. The lowest BCUT2D eigenvalue weighted by molar-refractivity contribution is 0.00358. The molecule has 1 aliphatic heterocycles. The van der Waals surface area contributed by atoms with Gasteiger partial charge in [-0.1, -0.05) is 0 Å². The molecule has 1 saturated heterocycles.